The number of piperazine rings is 1. The summed E-state index contributed by atoms with van der Waals surface area (Å²) < 4.78 is 6.63. The standard InChI is InChI=1S/C23H29N7O3S/c1-15(31)23(32)30-6-4-28(5-7-30)14-17-12-18-20(34-17)22(29-8-10-33-11-9-29)27-21(26-18)16-2-3-19(24)25-13-16/h2-3,12-13,15,31H,4-11,14H2,1H3,(H2,24,25). The Balaban J connectivity index is 1.41. The molecule has 2 aliphatic rings. The van der Waals surface area contributed by atoms with Crippen molar-refractivity contribution in [1.29, 1.82) is 0 Å². The van der Waals surface area contributed by atoms with Crippen molar-refractivity contribution >= 4 is 39.1 Å². The molecule has 180 valence electrons. The number of aliphatic hydroxyl groups excluding tert-OH is 1. The Labute approximate surface area is 202 Å². The van der Waals surface area contributed by atoms with E-state index in [0.717, 1.165) is 54.3 Å². The smallest absolute Gasteiger partial charge is 0.251 e. The van der Waals surface area contributed by atoms with Crippen LogP contribution in [0.25, 0.3) is 21.6 Å². The lowest BCUT2D eigenvalue weighted by Crippen LogP contribution is -2.50. The largest absolute Gasteiger partial charge is 0.384 e. The van der Waals surface area contributed by atoms with Crippen LogP contribution < -0.4 is 10.6 Å². The van der Waals surface area contributed by atoms with E-state index in [9.17, 15) is 9.90 Å². The van der Waals surface area contributed by atoms with E-state index >= 15 is 0 Å². The summed E-state index contributed by atoms with van der Waals surface area (Å²) in [7, 11) is 0. The van der Waals surface area contributed by atoms with E-state index in [4.69, 9.17) is 20.4 Å². The number of aromatic nitrogens is 3. The van der Waals surface area contributed by atoms with Gasteiger partial charge in [-0.3, -0.25) is 9.69 Å². The fourth-order valence-corrected chi connectivity index (χ4v) is 5.46. The lowest BCUT2D eigenvalue weighted by atomic mass is 10.2. The molecular formula is C23H29N7O3S. The number of hydrogen-bond acceptors (Lipinski definition) is 10. The van der Waals surface area contributed by atoms with E-state index in [1.165, 1.54) is 11.8 Å². The molecule has 3 N–H and O–H groups in total. The van der Waals surface area contributed by atoms with Crippen LogP contribution >= 0.6 is 11.3 Å². The van der Waals surface area contributed by atoms with E-state index < -0.39 is 6.10 Å². The minimum absolute atomic E-state index is 0.198. The fourth-order valence-electron chi connectivity index (χ4n) is 4.31. The number of aliphatic hydroxyl groups is 1. The van der Waals surface area contributed by atoms with Crippen LogP contribution in [0.2, 0.25) is 0 Å². The molecule has 0 aliphatic carbocycles. The van der Waals surface area contributed by atoms with Crippen LogP contribution in [0.3, 0.4) is 0 Å². The molecule has 3 aromatic rings. The van der Waals surface area contributed by atoms with Crippen molar-refractivity contribution in [2.75, 3.05) is 63.1 Å². The van der Waals surface area contributed by atoms with Crippen molar-refractivity contribution in [2.45, 2.75) is 19.6 Å². The van der Waals surface area contributed by atoms with Crippen LogP contribution in [0.1, 0.15) is 11.8 Å². The third kappa shape index (κ3) is 4.83. The molecule has 0 aromatic carbocycles. The number of anilines is 2. The number of carbonyl (C=O) groups excluding carboxylic acids is 1. The first-order valence-corrected chi connectivity index (χ1v) is 12.3. The van der Waals surface area contributed by atoms with Gasteiger partial charge in [0.15, 0.2) is 11.6 Å². The molecule has 0 saturated carbocycles. The number of nitrogens with zero attached hydrogens (tertiary/aromatic N) is 6. The first kappa shape index (κ1) is 22.9. The predicted octanol–water partition coefficient (Wildman–Crippen LogP) is 1.20. The normalized spacial score (nSPS) is 18.4. The van der Waals surface area contributed by atoms with E-state index in [-0.39, 0.29) is 5.91 Å². The number of fused-ring (bicyclic) bond motifs is 1. The van der Waals surface area contributed by atoms with Crippen LogP contribution in [0.4, 0.5) is 11.6 Å². The minimum atomic E-state index is -0.947. The summed E-state index contributed by atoms with van der Waals surface area (Å²) in [5, 5.41) is 9.57. The SMILES string of the molecule is CC(O)C(=O)N1CCN(Cc2cc3nc(-c4ccc(N)nc4)nc(N4CCOCC4)c3s2)CC1. The molecule has 0 radical (unpaired) electrons. The maximum atomic E-state index is 12.1. The summed E-state index contributed by atoms with van der Waals surface area (Å²) in [6.45, 7) is 8.05. The molecule has 3 aromatic heterocycles. The lowest BCUT2D eigenvalue weighted by Gasteiger charge is -2.35. The maximum Gasteiger partial charge on any atom is 0.251 e. The molecule has 5 heterocycles. The molecule has 5 rings (SSSR count). The van der Waals surface area contributed by atoms with Gasteiger partial charge in [-0.25, -0.2) is 15.0 Å². The van der Waals surface area contributed by atoms with Gasteiger partial charge in [-0.2, -0.15) is 0 Å². The Morgan fingerprint density at radius 1 is 1.18 bits per heavy atom. The molecule has 1 unspecified atom stereocenters. The predicted molar refractivity (Wildman–Crippen MR) is 132 cm³/mol. The first-order chi connectivity index (χ1) is 16.5. The topological polar surface area (TPSA) is 121 Å². The zero-order valence-electron chi connectivity index (χ0n) is 19.2. The van der Waals surface area contributed by atoms with E-state index in [1.54, 1.807) is 28.5 Å². The Morgan fingerprint density at radius 3 is 2.62 bits per heavy atom. The van der Waals surface area contributed by atoms with Crippen LogP contribution in [0.5, 0.6) is 0 Å². The summed E-state index contributed by atoms with van der Waals surface area (Å²) in [6, 6.07) is 5.80. The first-order valence-electron chi connectivity index (χ1n) is 11.5. The van der Waals surface area contributed by atoms with Crippen LogP contribution in [0.15, 0.2) is 24.4 Å². The number of nitrogens with two attached hydrogens (primary N) is 1. The summed E-state index contributed by atoms with van der Waals surface area (Å²) in [6.07, 6.45) is 0.762. The van der Waals surface area contributed by atoms with Crippen molar-refractivity contribution in [3.63, 3.8) is 0 Å². The molecule has 2 saturated heterocycles. The van der Waals surface area contributed by atoms with E-state index in [1.807, 2.05) is 6.07 Å². The Morgan fingerprint density at radius 2 is 1.94 bits per heavy atom. The fraction of sp³-hybridized carbons (Fsp3) is 0.478. The molecule has 2 fully saturated rings. The molecule has 10 nitrogen and oxygen atoms in total. The van der Waals surface area contributed by atoms with Gasteiger partial charge in [-0.1, -0.05) is 0 Å². The third-order valence-corrected chi connectivity index (χ3v) is 7.29. The number of ether oxygens (including phenoxy) is 1. The summed E-state index contributed by atoms with van der Waals surface area (Å²) >= 11 is 1.72. The highest BCUT2D eigenvalue weighted by Gasteiger charge is 2.25. The van der Waals surface area contributed by atoms with Gasteiger partial charge in [0.25, 0.3) is 5.91 Å². The third-order valence-electron chi connectivity index (χ3n) is 6.18. The van der Waals surface area contributed by atoms with Crippen LogP contribution in [-0.4, -0.2) is 94.4 Å². The van der Waals surface area contributed by atoms with Crippen molar-refractivity contribution < 1.29 is 14.6 Å². The molecule has 11 heteroatoms. The van der Waals surface area contributed by atoms with Gasteiger partial charge in [0.1, 0.15) is 11.9 Å². The summed E-state index contributed by atoms with van der Waals surface area (Å²) in [5.74, 6) is 1.84. The average molecular weight is 484 g/mol. The highest BCUT2D eigenvalue weighted by atomic mass is 32.1. The zero-order valence-corrected chi connectivity index (χ0v) is 20.0. The highest BCUT2D eigenvalue weighted by Crippen LogP contribution is 2.35. The summed E-state index contributed by atoms with van der Waals surface area (Å²) in [4.78, 5) is 33.6. The van der Waals surface area contributed by atoms with Crippen molar-refractivity contribution in [3.8, 4) is 11.4 Å². The number of carbonyl (C=O) groups is 1. The number of nitrogen functional groups attached to an aromatic ring is 1. The number of pyridine rings is 1. The van der Waals surface area contributed by atoms with E-state index in [0.29, 0.717) is 37.9 Å². The number of rotatable bonds is 5. The second-order valence-corrected chi connectivity index (χ2v) is 9.78. The van der Waals surface area contributed by atoms with Crippen molar-refractivity contribution in [1.82, 2.24) is 24.8 Å². The number of morpholine rings is 1. The Hall–Kier alpha value is -2.86. The van der Waals surface area contributed by atoms with Gasteiger partial charge in [0.2, 0.25) is 0 Å². The van der Waals surface area contributed by atoms with Crippen LogP contribution in [0, 0.1) is 0 Å². The van der Waals surface area contributed by atoms with Gasteiger partial charge in [0.05, 0.1) is 23.4 Å². The highest BCUT2D eigenvalue weighted by molar-refractivity contribution is 7.19. The minimum Gasteiger partial charge on any atom is -0.384 e. The second kappa shape index (κ2) is 9.79. The molecule has 0 spiro atoms. The quantitative estimate of drug-likeness (QED) is 0.551. The molecule has 1 amide bonds. The number of thiophene rings is 1. The Kier molecular flexibility index (Phi) is 6.59. The molecule has 1 atom stereocenters. The van der Waals surface area contributed by atoms with Gasteiger partial charge >= 0.3 is 0 Å². The monoisotopic (exact) mass is 483 g/mol. The molecule has 34 heavy (non-hydrogen) atoms. The van der Waals surface area contributed by atoms with Gasteiger partial charge in [-0.05, 0) is 25.1 Å². The number of amides is 1. The zero-order chi connectivity index (χ0) is 23.7. The lowest BCUT2D eigenvalue weighted by molar-refractivity contribution is -0.141. The maximum absolute atomic E-state index is 12.1. The van der Waals surface area contributed by atoms with Gasteiger partial charge < -0.3 is 25.4 Å². The van der Waals surface area contributed by atoms with Crippen molar-refractivity contribution in [2.24, 2.45) is 0 Å². The summed E-state index contributed by atoms with van der Waals surface area (Å²) in [5.41, 5.74) is 7.52. The molecule has 2 aliphatic heterocycles. The molecular weight excluding hydrogens is 454 g/mol. The molecule has 0 bridgehead atoms. The van der Waals surface area contributed by atoms with Gasteiger partial charge in [0, 0.05) is 62.5 Å². The number of hydrogen-bond donors (Lipinski definition) is 2. The van der Waals surface area contributed by atoms with Crippen molar-refractivity contribution in [3.05, 3.63) is 29.3 Å². The van der Waals surface area contributed by atoms with E-state index in [2.05, 4.69) is 20.9 Å². The Bertz CT molecular complexity index is 1150. The van der Waals surface area contributed by atoms with Gasteiger partial charge in [-0.15, -0.1) is 11.3 Å². The second-order valence-electron chi connectivity index (χ2n) is 8.65. The average Bonchev–Trinajstić information content (AvgIpc) is 3.26. The van der Waals surface area contributed by atoms with Crippen LogP contribution in [-0.2, 0) is 16.1 Å².